The van der Waals surface area contributed by atoms with Crippen molar-refractivity contribution in [3.05, 3.63) is 206 Å². The first-order chi connectivity index (χ1) is 28.2. The smallest absolute Gasteiger partial charge is 0.135 e. The molecule has 0 unspecified atom stereocenters. The third-order valence-corrected chi connectivity index (χ3v) is 11.8. The van der Waals surface area contributed by atoms with E-state index in [1.54, 1.807) is 0 Å². The van der Waals surface area contributed by atoms with Crippen LogP contribution in [0.2, 0.25) is 0 Å². The van der Waals surface area contributed by atoms with Crippen molar-refractivity contribution in [2.45, 2.75) is 0 Å². The van der Waals surface area contributed by atoms with Gasteiger partial charge in [0, 0.05) is 44.3 Å². The molecular weight excluding hydrogens is 693 g/mol. The third kappa shape index (κ3) is 4.99. The van der Waals surface area contributed by atoms with Gasteiger partial charge in [-0.1, -0.05) is 140 Å². The summed E-state index contributed by atoms with van der Waals surface area (Å²) in [5.41, 5.74) is 10.9. The summed E-state index contributed by atoms with van der Waals surface area (Å²) in [6.45, 7) is 0. The summed E-state index contributed by atoms with van der Waals surface area (Å²) >= 11 is 0. The summed E-state index contributed by atoms with van der Waals surface area (Å²) in [7, 11) is 0. The molecule has 0 spiro atoms. The molecule has 12 aromatic rings. The van der Waals surface area contributed by atoms with Gasteiger partial charge >= 0.3 is 0 Å². The zero-order chi connectivity index (χ0) is 37.5. The molecule has 0 saturated carbocycles. The highest BCUT2D eigenvalue weighted by molar-refractivity contribution is 6.18. The van der Waals surface area contributed by atoms with Gasteiger partial charge in [0.2, 0.25) is 0 Å². The van der Waals surface area contributed by atoms with Gasteiger partial charge in [-0.15, -0.1) is 0 Å². The number of fused-ring (bicyclic) bond motifs is 11. The standard InChI is InChI=1S/C54H34N2O/c1-2-10-35(11-3-1)36-18-23-39(24-19-36)55(40-25-20-38-22-28-44-43-13-5-4-12-37(43)21-29-45(44)49(38)32-40)42-26-30-47-46-14-6-8-16-51(46)56(52(47)34-42)41-27-31-54-50(33-41)48-15-7-9-17-53(48)57-54/h1-34H. The van der Waals surface area contributed by atoms with E-state index in [4.69, 9.17) is 4.42 Å². The van der Waals surface area contributed by atoms with Gasteiger partial charge in [0.1, 0.15) is 11.2 Å². The number of anilines is 3. The van der Waals surface area contributed by atoms with E-state index in [-0.39, 0.29) is 0 Å². The lowest BCUT2D eigenvalue weighted by molar-refractivity contribution is 0.669. The minimum absolute atomic E-state index is 0.892. The van der Waals surface area contributed by atoms with Gasteiger partial charge in [0.15, 0.2) is 0 Å². The van der Waals surface area contributed by atoms with Crippen LogP contribution >= 0.6 is 0 Å². The lowest BCUT2D eigenvalue weighted by Crippen LogP contribution is -2.10. The second-order valence-electron chi connectivity index (χ2n) is 14.9. The van der Waals surface area contributed by atoms with E-state index in [0.717, 1.165) is 50.2 Å². The van der Waals surface area contributed by atoms with Crippen LogP contribution < -0.4 is 4.90 Å². The molecule has 57 heavy (non-hydrogen) atoms. The lowest BCUT2D eigenvalue weighted by Gasteiger charge is -2.26. The first kappa shape index (κ1) is 31.7. The number of hydrogen-bond acceptors (Lipinski definition) is 2. The highest BCUT2D eigenvalue weighted by atomic mass is 16.3. The number of nitrogens with zero attached hydrogens (tertiary/aromatic N) is 2. The van der Waals surface area contributed by atoms with E-state index in [1.165, 1.54) is 59.7 Å². The van der Waals surface area contributed by atoms with Crippen LogP contribution in [0.4, 0.5) is 17.1 Å². The van der Waals surface area contributed by atoms with E-state index in [9.17, 15) is 0 Å². The Morgan fingerprint density at radius 3 is 1.75 bits per heavy atom. The zero-order valence-electron chi connectivity index (χ0n) is 30.9. The normalized spacial score (nSPS) is 11.9. The maximum absolute atomic E-state index is 6.25. The molecule has 0 N–H and O–H groups in total. The second kappa shape index (κ2) is 12.5. The molecule has 2 heterocycles. The highest BCUT2D eigenvalue weighted by Crippen LogP contribution is 2.43. The molecule has 0 aliphatic heterocycles. The molecule has 0 fully saturated rings. The molecule has 266 valence electrons. The fourth-order valence-electron chi connectivity index (χ4n) is 9.06. The van der Waals surface area contributed by atoms with Crippen molar-refractivity contribution in [1.82, 2.24) is 4.57 Å². The van der Waals surface area contributed by atoms with Crippen LogP contribution in [0.1, 0.15) is 0 Å². The first-order valence-corrected chi connectivity index (χ1v) is 19.5. The van der Waals surface area contributed by atoms with Crippen molar-refractivity contribution in [2.75, 3.05) is 4.90 Å². The van der Waals surface area contributed by atoms with Crippen LogP contribution in [0.15, 0.2) is 211 Å². The summed E-state index contributed by atoms with van der Waals surface area (Å²) < 4.78 is 8.66. The minimum Gasteiger partial charge on any atom is -0.456 e. The molecule has 0 atom stereocenters. The van der Waals surface area contributed by atoms with Gasteiger partial charge in [0.05, 0.1) is 11.0 Å². The monoisotopic (exact) mass is 726 g/mol. The average molecular weight is 727 g/mol. The number of benzene rings is 10. The molecule has 0 bridgehead atoms. The van der Waals surface area contributed by atoms with E-state index in [0.29, 0.717) is 0 Å². The van der Waals surface area contributed by atoms with Crippen LogP contribution in [0.5, 0.6) is 0 Å². The average Bonchev–Trinajstić information content (AvgIpc) is 3.82. The van der Waals surface area contributed by atoms with E-state index < -0.39 is 0 Å². The van der Waals surface area contributed by atoms with Crippen LogP contribution in [0.25, 0.3) is 92.9 Å². The molecule has 3 heteroatoms. The summed E-state index contributed by atoms with van der Waals surface area (Å²) in [6.07, 6.45) is 0. The van der Waals surface area contributed by atoms with Gasteiger partial charge in [-0.05, 0) is 110 Å². The Labute approximate surface area is 328 Å². The van der Waals surface area contributed by atoms with Crippen LogP contribution in [0.3, 0.4) is 0 Å². The largest absolute Gasteiger partial charge is 0.456 e. The molecule has 0 radical (unpaired) electrons. The molecular formula is C54H34N2O. The van der Waals surface area contributed by atoms with Gasteiger partial charge in [-0.2, -0.15) is 0 Å². The van der Waals surface area contributed by atoms with E-state index in [2.05, 4.69) is 204 Å². The maximum atomic E-state index is 6.25. The maximum Gasteiger partial charge on any atom is 0.135 e. The number of furan rings is 1. The van der Waals surface area contributed by atoms with Gasteiger partial charge < -0.3 is 13.9 Å². The lowest BCUT2D eigenvalue weighted by atomic mass is 9.96. The van der Waals surface area contributed by atoms with Crippen molar-refractivity contribution >= 4 is 93.1 Å². The highest BCUT2D eigenvalue weighted by Gasteiger charge is 2.19. The molecule has 0 saturated heterocycles. The molecule has 10 aromatic carbocycles. The van der Waals surface area contributed by atoms with Crippen molar-refractivity contribution in [2.24, 2.45) is 0 Å². The van der Waals surface area contributed by atoms with Gasteiger partial charge in [-0.3, -0.25) is 0 Å². The Kier molecular flexibility index (Phi) is 6.93. The summed E-state index contributed by atoms with van der Waals surface area (Å²) in [5, 5.41) is 12.2. The molecule has 0 aliphatic carbocycles. The van der Waals surface area contributed by atoms with Crippen molar-refractivity contribution in [3.63, 3.8) is 0 Å². The first-order valence-electron chi connectivity index (χ1n) is 19.5. The number of para-hydroxylation sites is 2. The number of aromatic nitrogens is 1. The molecule has 2 aromatic heterocycles. The molecule has 12 rings (SSSR count). The predicted octanol–water partition coefficient (Wildman–Crippen LogP) is 15.3. The molecule has 3 nitrogen and oxygen atoms in total. The summed E-state index contributed by atoms with van der Waals surface area (Å²) in [5.74, 6) is 0. The summed E-state index contributed by atoms with van der Waals surface area (Å²) in [6, 6.07) is 74.7. The van der Waals surface area contributed by atoms with Crippen LogP contribution in [0, 0.1) is 0 Å². The van der Waals surface area contributed by atoms with Crippen molar-refractivity contribution in [1.29, 1.82) is 0 Å². The summed E-state index contributed by atoms with van der Waals surface area (Å²) in [4.78, 5) is 2.41. The van der Waals surface area contributed by atoms with E-state index in [1.807, 2.05) is 12.1 Å². The SMILES string of the molecule is c1ccc(-c2ccc(N(c3ccc4ccc5c6ccccc6ccc5c4c3)c3ccc4c5ccccc5n(-c5ccc6oc7ccccc7c6c5)c4c3)cc2)cc1. The topological polar surface area (TPSA) is 21.3 Å². The Hall–Kier alpha value is -7.62. The third-order valence-electron chi connectivity index (χ3n) is 11.8. The molecule has 0 aliphatic rings. The minimum atomic E-state index is 0.892. The van der Waals surface area contributed by atoms with Gasteiger partial charge in [-0.25, -0.2) is 0 Å². The van der Waals surface area contributed by atoms with Crippen molar-refractivity contribution < 1.29 is 4.42 Å². The Morgan fingerprint density at radius 2 is 0.895 bits per heavy atom. The van der Waals surface area contributed by atoms with Crippen LogP contribution in [-0.2, 0) is 0 Å². The fourth-order valence-corrected chi connectivity index (χ4v) is 9.06. The zero-order valence-corrected chi connectivity index (χ0v) is 30.9. The predicted molar refractivity (Wildman–Crippen MR) is 241 cm³/mol. The Balaban J connectivity index is 1.09. The Morgan fingerprint density at radius 1 is 0.316 bits per heavy atom. The number of rotatable bonds is 5. The quantitative estimate of drug-likeness (QED) is 0.165. The second-order valence-corrected chi connectivity index (χ2v) is 14.9. The van der Waals surface area contributed by atoms with E-state index >= 15 is 0 Å². The van der Waals surface area contributed by atoms with Crippen LogP contribution in [-0.4, -0.2) is 4.57 Å². The number of hydrogen-bond donors (Lipinski definition) is 0. The van der Waals surface area contributed by atoms with Gasteiger partial charge in [0.25, 0.3) is 0 Å². The van der Waals surface area contributed by atoms with Crippen molar-refractivity contribution in [3.8, 4) is 16.8 Å². The molecule has 0 amide bonds. The Bertz CT molecular complexity index is 3520. The fraction of sp³-hybridized carbons (Fsp3) is 0.